The molecule has 0 aliphatic rings. The summed E-state index contributed by atoms with van der Waals surface area (Å²) in [6.07, 6.45) is 3.67. The molecule has 18 heavy (non-hydrogen) atoms. The van der Waals surface area contributed by atoms with Crippen LogP contribution in [-0.4, -0.2) is 0 Å². The molecule has 2 aromatic carbocycles. The number of unbranched alkanes of at least 4 members (excludes halogenated alkanes) is 1. The van der Waals surface area contributed by atoms with Gasteiger partial charge < -0.3 is 0 Å². The van der Waals surface area contributed by atoms with Crippen molar-refractivity contribution in [2.75, 3.05) is 0 Å². The number of benzene rings is 2. The minimum atomic E-state index is 1.06. The molecule has 2 rings (SSSR count). The lowest BCUT2D eigenvalue weighted by Gasteiger charge is -1.99. The van der Waals surface area contributed by atoms with Crippen molar-refractivity contribution >= 4 is 0 Å². The maximum atomic E-state index is 3.19. The number of hydrogen-bond acceptors (Lipinski definition) is 0. The van der Waals surface area contributed by atoms with Gasteiger partial charge in [-0.1, -0.05) is 55.5 Å². The fourth-order valence-electron chi connectivity index (χ4n) is 1.80. The van der Waals surface area contributed by atoms with Crippen molar-refractivity contribution < 1.29 is 0 Å². The summed E-state index contributed by atoms with van der Waals surface area (Å²) in [4.78, 5) is 0. The van der Waals surface area contributed by atoms with Crippen LogP contribution in [0, 0.1) is 11.8 Å². The van der Waals surface area contributed by atoms with Gasteiger partial charge in [0.25, 0.3) is 0 Å². The molecule has 0 heterocycles. The second-order valence-corrected chi connectivity index (χ2v) is 4.42. The SMILES string of the molecule is CCCCc1ccc(C#Cc2ccccc2)cc1. The van der Waals surface area contributed by atoms with Gasteiger partial charge >= 0.3 is 0 Å². The molecule has 0 bridgehead atoms. The highest BCUT2D eigenvalue weighted by molar-refractivity contribution is 5.43. The van der Waals surface area contributed by atoms with E-state index in [1.165, 1.54) is 24.8 Å². The van der Waals surface area contributed by atoms with Crippen molar-refractivity contribution in [1.29, 1.82) is 0 Å². The zero-order chi connectivity index (χ0) is 12.6. The maximum Gasteiger partial charge on any atom is 0.0249 e. The van der Waals surface area contributed by atoms with Crippen LogP contribution in [-0.2, 0) is 6.42 Å². The number of hydrogen-bond donors (Lipinski definition) is 0. The molecule has 0 saturated carbocycles. The first-order chi connectivity index (χ1) is 8.88. The topological polar surface area (TPSA) is 0 Å². The molecule has 0 amide bonds. The third-order valence-corrected chi connectivity index (χ3v) is 2.90. The summed E-state index contributed by atoms with van der Waals surface area (Å²) < 4.78 is 0. The fourth-order valence-corrected chi connectivity index (χ4v) is 1.80. The number of aryl methyl sites for hydroxylation is 1. The third kappa shape index (κ3) is 3.79. The Bertz CT molecular complexity index is 524. The number of rotatable bonds is 3. The van der Waals surface area contributed by atoms with E-state index in [1.54, 1.807) is 0 Å². The van der Waals surface area contributed by atoms with Gasteiger partial charge in [0.05, 0.1) is 0 Å². The molecule has 0 fully saturated rings. The molecule has 0 aliphatic carbocycles. The Morgan fingerprint density at radius 3 is 2.00 bits per heavy atom. The quantitative estimate of drug-likeness (QED) is 0.689. The van der Waals surface area contributed by atoms with Gasteiger partial charge in [0.15, 0.2) is 0 Å². The van der Waals surface area contributed by atoms with E-state index in [9.17, 15) is 0 Å². The summed E-state index contributed by atoms with van der Waals surface area (Å²) in [5.41, 5.74) is 3.55. The van der Waals surface area contributed by atoms with E-state index in [-0.39, 0.29) is 0 Å². The van der Waals surface area contributed by atoms with Crippen molar-refractivity contribution in [2.45, 2.75) is 26.2 Å². The van der Waals surface area contributed by atoms with Gasteiger partial charge in [-0.2, -0.15) is 0 Å². The second-order valence-electron chi connectivity index (χ2n) is 4.42. The average Bonchev–Trinajstić information content (AvgIpc) is 2.45. The van der Waals surface area contributed by atoms with E-state index in [0.717, 1.165) is 11.1 Å². The molecular formula is C18H18. The van der Waals surface area contributed by atoms with Gasteiger partial charge in [-0.15, -0.1) is 0 Å². The minimum absolute atomic E-state index is 1.06. The highest BCUT2D eigenvalue weighted by Gasteiger charge is 1.92. The molecule has 0 saturated heterocycles. The summed E-state index contributed by atoms with van der Waals surface area (Å²) in [6, 6.07) is 18.7. The lowest BCUT2D eigenvalue weighted by molar-refractivity contribution is 0.795. The Morgan fingerprint density at radius 1 is 0.778 bits per heavy atom. The molecule has 90 valence electrons. The summed E-state index contributed by atoms with van der Waals surface area (Å²) in [5, 5.41) is 0. The first-order valence-electron chi connectivity index (χ1n) is 6.54. The molecule has 0 nitrogen and oxygen atoms in total. The van der Waals surface area contributed by atoms with Crippen LogP contribution in [0.2, 0.25) is 0 Å². The van der Waals surface area contributed by atoms with E-state index in [0.29, 0.717) is 0 Å². The van der Waals surface area contributed by atoms with Crippen molar-refractivity contribution in [2.24, 2.45) is 0 Å². The van der Waals surface area contributed by atoms with Crippen LogP contribution < -0.4 is 0 Å². The Kier molecular flexibility index (Phi) is 4.61. The van der Waals surface area contributed by atoms with Crippen LogP contribution in [0.5, 0.6) is 0 Å². The van der Waals surface area contributed by atoms with Gasteiger partial charge in [-0.3, -0.25) is 0 Å². The molecule has 0 N–H and O–H groups in total. The molecule has 0 unspecified atom stereocenters. The highest BCUT2D eigenvalue weighted by atomic mass is 14.0. The van der Waals surface area contributed by atoms with Crippen molar-refractivity contribution in [3.05, 3.63) is 71.3 Å². The maximum absolute atomic E-state index is 3.19. The zero-order valence-electron chi connectivity index (χ0n) is 10.8. The standard InChI is InChI=1S/C18H18/c1-2-3-7-17-11-14-18(15-12-17)13-10-16-8-5-4-6-9-16/h4-6,8-9,11-12,14-15H,2-3,7H2,1H3. The molecule has 0 heteroatoms. The molecule has 0 radical (unpaired) electrons. The van der Waals surface area contributed by atoms with Crippen LogP contribution in [0.15, 0.2) is 54.6 Å². The fraction of sp³-hybridized carbons (Fsp3) is 0.222. The summed E-state index contributed by atoms with van der Waals surface area (Å²) in [5.74, 6) is 6.37. The Balaban J connectivity index is 2.05. The third-order valence-electron chi connectivity index (χ3n) is 2.90. The molecule has 2 aromatic rings. The van der Waals surface area contributed by atoms with Gasteiger partial charge in [0, 0.05) is 11.1 Å². The first-order valence-corrected chi connectivity index (χ1v) is 6.54. The lowest BCUT2D eigenvalue weighted by atomic mass is 10.1. The first kappa shape index (κ1) is 12.5. The predicted molar refractivity (Wildman–Crippen MR) is 77.5 cm³/mol. The largest absolute Gasteiger partial charge is 0.0654 e. The van der Waals surface area contributed by atoms with Gasteiger partial charge in [-0.25, -0.2) is 0 Å². The molecular weight excluding hydrogens is 216 g/mol. The van der Waals surface area contributed by atoms with Crippen molar-refractivity contribution in [1.82, 2.24) is 0 Å². The van der Waals surface area contributed by atoms with Gasteiger partial charge in [-0.05, 0) is 42.7 Å². The summed E-state index contributed by atoms with van der Waals surface area (Å²) in [7, 11) is 0. The molecule has 0 aromatic heterocycles. The van der Waals surface area contributed by atoms with E-state index < -0.39 is 0 Å². The van der Waals surface area contributed by atoms with Gasteiger partial charge in [0.2, 0.25) is 0 Å². The van der Waals surface area contributed by atoms with Crippen molar-refractivity contribution in [3.63, 3.8) is 0 Å². The van der Waals surface area contributed by atoms with Gasteiger partial charge in [0.1, 0.15) is 0 Å². The highest BCUT2D eigenvalue weighted by Crippen LogP contribution is 2.07. The van der Waals surface area contributed by atoms with E-state index in [2.05, 4.69) is 43.0 Å². The van der Waals surface area contributed by atoms with Crippen LogP contribution in [0.4, 0.5) is 0 Å². The zero-order valence-corrected chi connectivity index (χ0v) is 10.8. The smallest absolute Gasteiger partial charge is 0.0249 e. The van der Waals surface area contributed by atoms with E-state index in [1.807, 2.05) is 30.3 Å². The summed E-state index contributed by atoms with van der Waals surface area (Å²) in [6.45, 7) is 2.22. The lowest BCUT2D eigenvalue weighted by Crippen LogP contribution is -1.84. The van der Waals surface area contributed by atoms with Crippen LogP contribution in [0.3, 0.4) is 0 Å². The van der Waals surface area contributed by atoms with Crippen molar-refractivity contribution in [3.8, 4) is 11.8 Å². The van der Waals surface area contributed by atoms with Crippen LogP contribution in [0.25, 0.3) is 0 Å². The summed E-state index contributed by atoms with van der Waals surface area (Å²) >= 11 is 0. The Labute approximate surface area is 110 Å². The van der Waals surface area contributed by atoms with Crippen LogP contribution >= 0.6 is 0 Å². The average molecular weight is 234 g/mol. The Morgan fingerprint density at radius 2 is 1.39 bits per heavy atom. The van der Waals surface area contributed by atoms with E-state index >= 15 is 0 Å². The monoisotopic (exact) mass is 234 g/mol. The Hall–Kier alpha value is -2.00. The normalized spacial score (nSPS) is 9.61. The molecule has 0 spiro atoms. The molecule has 0 aliphatic heterocycles. The van der Waals surface area contributed by atoms with Crippen LogP contribution in [0.1, 0.15) is 36.5 Å². The van der Waals surface area contributed by atoms with E-state index in [4.69, 9.17) is 0 Å². The second kappa shape index (κ2) is 6.67. The molecule has 0 atom stereocenters. The minimum Gasteiger partial charge on any atom is -0.0654 e. The predicted octanol–water partition coefficient (Wildman–Crippen LogP) is 4.43.